The van der Waals surface area contributed by atoms with Crippen LogP contribution in [0.4, 0.5) is 5.69 Å². The van der Waals surface area contributed by atoms with Gasteiger partial charge in [0.2, 0.25) is 0 Å². The van der Waals surface area contributed by atoms with Gasteiger partial charge in [0, 0.05) is 24.3 Å². The van der Waals surface area contributed by atoms with E-state index in [4.69, 9.17) is 5.73 Å². The molecule has 0 spiro atoms. The molecule has 0 aliphatic heterocycles. The van der Waals surface area contributed by atoms with Crippen molar-refractivity contribution in [2.24, 2.45) is 0 Å². The lowest BCUT2D eigenvalue weighted by Crippen LogP contribution is -2.25. The SMILES string of the molecule is CCc1cc(C(=O)NCc2cc(N)ccc2O)n(CC)n1. The minimum atomic E-state index is -0.217. The van der Waals surface area contributed by atoms with Gasteiger partial charge in [-0.05, 0) is 37.6 Å². The van der Waals surface area contributed by atoms with Gasteiger partial charge >= 0.3 is 0 Å². The first-order chi connectivity index (χ1) is 10.0. The van der Waals surface area contributed by atoms with Gasteiger partial charge in [0.1, 0.15) is 11.4 Å². The molecule has 0 bridgehead atoms. The van der Waals surface area contributed by atoms with Crippen LogP contribution in [0.3, 0.4) is 0 Å². The number of nitrogens with two attached hydrogens (primary N) is 1. The number of nitrogens with zero attached hydrogens (tertiary/aromatic N) is 2. The third-order valence-corrected chi connectivity index (χ3v) is 3.27. The van der Waals surface area contributed by atoms with Crippen molar-refractivity contribution in [3.05, 3.63) is 41.2 Å². The number of carbonyl (C=O) groups excluding carboxylic acids is 1. The topological polar surface area (TPSA) is 93.2 Å². The molecule has 0 saturated carbocycles. The summed E-state index contributed by atoms with van der Waals surface area (Å²) in [5.74, 6) is -0.103. The number of phenolic OH excluding ortho intramolecular Hbond substituents is 1. The average molecular weight is 288 g/mol. The van der Waals surface area contributed by atoms with Crippen molar-refractivity contribution in [2.45, 2.75) is 33.4 Å². The zero-order valence-corrected chi connectivity index (χ0v) is 12.3. The Hall–Kier alpha value is -2.50. The molecule has 6 heteroatoms. The van der Waals surface area contributed by atoms with E-state index in [0.29, 0.717) is 23.5 Å². The van der Waals surface area contributed by atoms with Crippen molar-refractivity contribution in [1.82, 2.24) is 15.1 Å². The van der Waals surface area contributed by atoms with E-state index in [1.807, 2.05) is 13.8 Å². The predicted octanol–water partition coefficient (Wildman–Crippen LogP) is 1.68. The lowest BCUT2D eigenvalue weighted by molar-refractivity contribution is 0.0940. The number of benzene rings is 1. The largest absolute Gasteiger partial charge is 0.508 e. The minimum absolute atomic E-state index is 0.114. The van der Waals surface area contributed by atoms with Crippen LogP contribution in [-0.2, 0) is 19.5 Å². The maximum atomic E-state index is 12.2. The fourth-order valence-corrected chi connectivity index (χ4v) is 2.08. The summed E-state index contributed by atoms with van der Waals surface area (Å²) in [4.78, 5) is 12.2. The molecule has 0 saturated heterocycles. The molecule has 0 aliphatic rings. The molecule has 0 radical (unpaired) electrons. The van der Waals surface area contributed by atoms with Crippen molar-refractivity contribution < 1.29 is 9.90 Å². The Balaban J connectivity index is 2.11. The summed E-state index contributed by atoms with van der Waals surface area (Å²) in [6.45, 7) is 4.78. The van der Waals surface area contributed by atoms with Crippen LogP contribution in [0, 0.1) is 0 Å². The first-order valence-corrected chi connectivity index (χ1v) is 6.97. The summed E-state index contributed by atoms with van der Waals surface area (Å²) in [6.07, 6.45) is 0.781. The summed E-state index contributed by atoms with van der Waals surface area (Å²) >= 11 is 0. The van der Waals surface area contributed by atoms with Crippen LogP contribution >= 0.6 is 0 Å². The normalized spacial score (nSPS) is 10.6. The number of phenols is 1. The molecule has 2 aromatic rings. The summed E-state index contributed by atoms with van der Waals surface area (Å²) in [6, 6.07) is 6.56. The number of aromatic hydroxyl groups is 1. The third-order valence-electron chi connectivity index (χ3n) is 3.27. The standard InChI is InChI=1S/C15H20N4O2/c1-3-12-8-13(19(4-2)18-12)15(21)17-9-10-7-11(16)5-6-14(10)20/h5-8,20H,3-4,9,16H2,1-2H3,(H,17,21). The molecule has 0 atom stereocenters. The van der Waals surface area contributed by atoms with Gasteiger partial charge in [0.15, 0.2) is 0 Å². The van der Waals surface area contributed by atoms with Gasteiger partial charge in [-0.1, -0.05) is 6.92 Å². The third kappa shape index (κ3) is 3.34. The van der Waals surface area contributed by atoms with E-state index >= 15 is 0 Å². The summed E-state index contributed by atoms with van der Waals surface area (Å²) in [5, 5.41) is 16.9. The number of hydrogen-bond acceptors (Lipinski definition) is 4. The number of rotatable bonds is 5. The van der Waals surface area contributed by atoms with Crippen LogP contribution in [-0.4, -0.2) is 20.8 Å². The molecule has 6 nitrogen and oxygen atoms in total. The zero-order valence-electron chi connectivity index (χ0n) is 12.3. The Morgan fingerprint density at radius 3 is 2.81 bits per heavy atom. The lowest BCUT2D eigenvalue weighted by atomic mass is 10.1. The quantitative estimate of drug-likeness (QED) is 0.576. The van der Waals surface area contributed by atoms with Gasteiger partial charge < -0.3 is 16.2 Å². The van der Waals surface area contributed by atoms with E-state index in [0.717, 1.165) is 12.1 Å². The maximum absolute atomic E-state index is 12.2. The molecular formula is C15H20N4O2. The van der Waals surface area contributed by atoms with E-state index in [-0.39, 0.29) is 18.2 Å². The minimum Gasteiger partial charge on any atom is -0.508 e. The van der Waals surface area contributed by atoms with E-state index in [9.17, 15) is 9.90 Å². The Bertz CT molecular complexity index is 649. The summed E-state index contributed by atoms with van der Waals surface area (Å²) < 4.78 is 1.67. The van der Waals surface area contributed by atoms with Crippen LogP contribution in [0.2, 0.25) is 0 Å². The lowest BCUT2D eigenvalue weighted by Gasteiger charge is -2.08. The van der Waals surface area contributed by atoms with Crippen LogP contribution < -0.4 is 11.1 Å². The van der Waals surface area contributed by atoms with Crippen LogP contribution in [0.15, 0.2) is 24.3 Å². The van der Waals surface area contributed by atoms with Gasteiger partial charge in [-0.3, -0.25) is 9.48 Å². The number of aryl methyl sites for hydroxylation is 2. The predicted molar refractivity (Wildman–Crippen MR) is 81.0 cm³/mol. The van der Waals surface area contributed by atoms with Crippen LogP contribution in [0.25, 0.3) is 0 Å². The molecule has 0 aliphatic carbocycles. The number of amides is 1. The van der Waals surface area contributed by atoms with Gasteiger partial charge in [-0.25, -0.2) is 0 Å². The van der Waals surface area contributed by atoms with Crippen molar-refractivity contribution in [3.63, 3.8) is 0 Å². The highest BCUT2D eigenvalue weighted by molar-refractivity contribution is 5.92. The summed E-state index contributed by atoms with van der Waals surface area (Å²) in [5.41, 5.74) is 8.21. The Kier molecular flexibility index (Phi) is 4.47. The Morgan fingerprint density at radius 2 is 2.14 bits per heavy atom. The Labute approximate surface area is 123 Å². The number of aromatic nitrogens is 2. The van der Waals surface area contributed by atoms with Crippen LogP contribution in [0.1, 0.15) is 35.6 Å². The second-order valence-corrected chi connectivity index (χ2v) is 4.76. The van der Waals surface area contributed by atoms with E-state index in [1.54, 1.807) is 22.9 Å². The smallest absolute Gasteiger partial charge is 0.269 e. The van der Waals surface area contributed by atoms with Gasteiger partial charge in [0.25, 0.3) is 5.91 Å². The number of nitrogens with one attached hydrogen (secondary N) is 1. The molecular weight excluding hydrogens is 268 g/mol. The average Bonchev–Trinajstić information content (AvgIpc) is 2.91. The fraction of sp³-hybridized carbons (Fsp3) is 0.333. The molecule has 0 unspecified atom stereocenters. The molecule has 0 fully saturated rings. The monoisotopic (exact) mass is 288 g/mol. The van der Waals surface area contributed by atoms with Crippen molar-refractivity contribution in [3.8, 4) is 5.75 Å². The number of anilines is 1. The van der Waals surface area contributed by atoms with Gasteiger partial charge in [-0.2, -0.15) is 5.10 Å². The first kappa shape index (κ1) is 14.9. The molecule has 1 amide bonds. The highest BCUT2D eigenvalue weighted by atomic mass is 16.3. The first-order valence-electron chi connectivity index (χ1n) is 6.97. The van der Waals surface area contributed by atoms with E-state index < -0.39 is 0 Å². The molecule has 1 aromatic carbocycles. The second kappa shape index (κ2) is 6.30. The molecule has 112 valence electrons. The fourth-order valence-electron chi connectivity index (χ4n) is 2.08. The number of nitrogen functional groups attached to an aromatic ring is 1. The zero-order chi connectivity index (χ0) is 15.4. The summed E-state index contributed by atoms with van der Waals surface area (Å²) in [7, 11) is 0. The van der Waals surface area contributed by atoms with Gasteiger partial charge in [0.05, 0.1) is 5.69 Å². The van der Waals surface area contributed by atoms with Crippen molar-refractivity contribution >= 4 is 11.6 Å². The maximum Gasteiger partial charge on any atom is 0.269 e. The number of carbonyl (C=O) groups is 1. The van der Waals surface area contributed by atoms with Crippen molar-refractivity contribution in [2.75, 3.05) is 5.73 Å². The molecule has 21 heavy (non-hydrogen) atoms. The van der Waals surface area contributed by atoms with E-state index in [1.165, 1.54) is 6.07 Å². The number of hydrogen-bond donors (Lipinski definition) is 3. The molecule has 4 N–H and O–H groups in total. The van der Waals surface area contributed by atoms with Gasteiger partial charge in [-0.15, -0.1) is 0 Å². The molecule has 1 aromatic heterocycles. The highest BCUT2D eigenvalue weighted by Gasteiger charge is 2.14. The van der Waals surface area contributed by atoms with Crippen LogP contribution in [0.5, 0.6) is 5.75 Å². The highest BCUT2D eigenvalue weighted by Crippen LogP contribution is 2.19. The molecule has 1 heterocycles. The second-order valence-electron chi connectivity index (χ2n) is 4.76. The van der Waals surface area contributed by atoms with Crippen molar-refractivity contribution in [1.29, 1.82) is 0 Å². The van der Waals surface area contributed by atoms with E-state index in [2.05, 4.69) is 10.4 Å². The molecule has 2 rings (SSSR count). The Morgan fingerprint density at radius 1 is 1.38 bits per heavy atom.